The van der Waals surface area contributed by atoms with Crippen molar-refractivity contribution >= 4 is 44.9 Å². The van der Waals surface area contributed by atoms with Crippen LogP contribution in [0.3, 0.4) is 0 Å². The molecular weight excluding hydrogens is 558 g/mol. The minimum atomic E-state index is -0.276. The van der Waals surface area contributed by atoms with Gasteiger partial charge in [-0.3, -0.25) is 0 Å². The molecular formula is C33H37N7O2S. The van der Waals surface area contributed by atoms with E-state index in [2.05, 4.69) is 44.7 Å². The summed E-state index contributed by atoms with van der Waals surface area (Å²) in [5.74, 6) is 1.59. The van der Waals surface area contributed by atoms with E-state index >= 15 is 0 Å². The van der Waals surface area contributed by atoms with Crippen molar-refractivity contribution in [1.29, 1.82) is 0 Å². The van der Waals surface area contributed by atoms with E-state index in [4.69, 9.17) is 9.72 Å². The summed E-state index contributed by atoms with van der Waals surface area (Å²) in [5.41, 5.74) is 4.40. The number of carbonyl (C=O) groups excluding carboxylic acids is 1. The number of thiazole rings is 1. The van der Waals surface area contributed by atoms with Gasteiger partial charge in [-0.2, -0.15) is 0 Å². The first-order valence-corrected chi connectivity index (χ1v) is 15.5. The molecule has 0 bridgehead atoms. The predicted molar refractivity (Wildman–Crippen MR) is 176 cm³/mol. The molecule has 0 saturated carbocycles. The lowest BCUT2D eigenvalue weighted by Crippen LogP contribution is -2.25. The van der Waals surface area contributed by atoms with Crippen molar-refractivity contribution in [3.05, 3.63) is 90.8 Å². The van der Waals surface area contributed by atoms with Crippen LogP contribution in [0.1, 0.15) is 25.8 Å². The van der Waals surface area contributed by atoms with E-state index in [-0.39, 0.29) is 6.03 Å². The van der Waals surface area contributed by atoms with Crippen LogP contribution in [-0.4, -0.2) is 58.7 Å². The van der Waals surface area contributed by atoms with Gasteiger partial charge in [0.05, 0.1) is 6.61 Å². The number of nitrogens with zero attached hydrogens (tertiary/aromatic N) is 4. The highest BCUT2D eigenvalue weighted by Gasteiger charge is 2.12. The standard InChI is InChI=1S/C33H37N7O2S/c1-3-40(4-2)21-8-22-42-28-17-13-25(14-18-28)31-39-29-30(35-23-36-32(29)43-31)34-20-19-24-11-15-27(16-12-24)38-33(41)37-26-9-6-5-7-10-26/h5-7,9-18,23H,3-4,8,19-22H2,1-2H3,(H,34,35,36)(H2,37,38,41). The number of urea groups is 1. The summed E-state index contributed by atoms with van der Waals surface area (Å²) in [5, 5.41) is 9.99. The number of anilines is 3. The molecule has 3 N–H and O–H groups in total. The number of benzene rings is 3. The van der Waals surface area contributed by atoms with Gasteiger partial charge in [0.25, 0.3) is 0 Å². The zero-order valence-corrected chi connectivity index (χ0v) is 25.4. The highest BCUT2D eigenvalue weighted by molar-refractivity contribution is 7.21. The molecule has 0 fully saturated rings. The molecule has 0 spiro atoms. The smallest absolute Gasteiger partial charge is 0.323 e. The van der Waals surface area contributed by atoms with Crippen molar-refractivity contribution in [2.75, 3.05) is 48.7 Å². The maximum atomic E-state index is 12.2. The molecule has 222 valence electrons. The molecule has 10 heteroatoms. The number of fused-ring (bicyclic) bond motifs is 1. The lowest BCUT2D eigenvalue weighted by Gasteiger charge is -2.17. The van der Waals surface area contributed by atoms with Crippen molar-refractivity contribution in [2.24, 2.45) is 0 Å². The quantitative estimate of drug-likeness (QED) is 0.117. The van der Waals surface area contributed by atoms with E-state index < -0.39 is 0 Å². The zero-order valence-electron chi connectivity index (χ0n) is 24.5. The second-order valence-corrected chi connectivity index (χ2v) is 10.9. The summed E-state index contributed by atoms with van der Waals surface area (Å²) < 4.78 is 5.94. The second kappa shape index (κ2) is 15.1. The van der Waals surface area contributed by atoms with Crippen LogP contribution in [0, 0.1) is 0 Å². The summed E-state index contributed by atoms with van der Waals surface area (Å²) in [4.78, 5) is 29.2. The predicted octanol–water partition coefficient (Wildman–Crippen LogP) is 7.16. The van der Waals surface area contributed by atoms with Crippen LogP contribution in [0.2, 0.25) is 0 Å². The molecule has 0 aliphatic carbocycles. The van der Waals surface area contributed by atoms with Gasteiger partial charge < -0.3 is 25.6 Å². The molecule has 3 aromatic carbocycles. The van der Waals surface area contributed by atoms with Gasteiger partial charge in [-0.15, -0.1) is 0 Å². The normalized spacial score (nSPS) is 11.0. The molecule has 2 amide bonds. The Labute approximate surface area is 256 Å². The van der Waals surface area contributed by atoms with E-state index in [0.717, 1.165) is 81.9 Å². The average Bonchev–Trinajstić information content (AvgIpc) is 3.48. The molecule has 9 nitrogen and oxygen atoms in total. The van der Waals surface area contributed by atoms with E-state index in [1.165, 1.54) is 0 Å². The molecule has 0 aliphatic rings. The highest BCUT2D eigenvalue weighted by Crippen LogP contribution is 2.32. The van der Waals surface area contributed by atoms with Gasteiger partial charge in [-0.25, -0.2) is 19.7 Å². The number of para-hydroxylation sites is 1. The summed E-state index contributed by atoms with van der Waals surface area (Å²) in [6.07, 6.45) is 3.37. The molecule has 5 aromatic rings. The molecule has 2 heterocycles. The summed E-state index contributed by atoms with van der Waals surface area (Å²) in [6.45, 7) is 8.94. The van der Waals surface area contributed by atoms with Crippen molar-refractivity contribution in [3.63, 3.8) is 0 Å². The average molecular weight is 596 g/mol. The zero-order chi connectivity index (χ0) is 29.9. The van der Waals surface area contributed by atoms with Gasteiger partial charge in [0.15, 0.2) is 5.82 Å². The molecule has 2 aromatic heterocycles. The Bertz CT molecular complexity index is 1590. The fraction of sp³-hybridized carbons (Fsp3) is 0.273. The van der Waals surface area contributed by atoms with Crippen LogP contribution in [0.5, 0.6) is 5.75 Å². The minimum Gasteiger partial charge on any atom is -0.494 e. The Morgan fingerprint density at radius 3 is 2.33 bits per heavy atom. The Kier molecular flexibility index (Phi) is 10.5. The third-order valence-electron chi connectivity index (χ3n) is 7.03. The number of rotatable bonds is 14. The van der Waals surface area contributed by atoms with E-state index in [1.54, 1.807) is 17.7 Å². The lowest BCUT2D eigenvalue weighted by atomic mass is 10.1. The maximum Gasteiger partial charge on any atom is 0.323 e. The Hall–Kier alpha value is -4.54. The number of nitrogens with one attached hydrogen (secondary N) is 3. The largest absolute Gasteiger partial charge is 0.494 e. The molecule has 43 heavy (non-hydrogen) atoms. The van der Waals surface area contributed by atoms with Crippen LogP contribution in [0.4, 0.5) is 22.0 Å². The summed E-state index contributed by atoms with van der Waals surface area (Å²) >= 11 is 1.55. The Balaban J connectivity index is 1.12. The van der Waals surface area contributed by atoms with Gasteiger partial charge >= 0.3 is 6.03 Å². The highest BCUT2D eigenvalue weighted by atomic mass is 32.1. The third kappa shape index (κ3) is 8.50. The SMILES string of the molecule is CCN(CC)CCCOc1ccc(-c2nc3c(NCCc4ccc(NC(=O)Nc5ccccc5)cc4)ncnc3s2)cc1. The number of hydrogen-bond acceptors (Lipinski definition) is 8. The maximum absolute atomic E-state index is 12.2. The van der Waals surface area contributed by atoms with Crippen molar-refractivity contribution in [3.8, 4) is 16.3 Å². The fourth-order valence-electron chi connectivity index (χ4n) is 4.61. The van der Waals surface area contributed by atoms with Crippen molar-refractivity contribution in [1.82, 2.24) is 19.9 Å². The number of amides is 2. The van der Waals surface area contributed by atoms with Gasteiger partial charge in [-0.05, 0) is 80.0 Å². The van der Waals surface area contributed by atoms with E-state index in [0.29, 0.717) is 13.2 Å². The first-order valence-electron chi connectivity index (χ1n) is 14.6. The van der Waals surface area contributed by atoms with Crippen LogP contribution in [0.25, 0.3) is 20.9 Å². The van der Waals surface area contributed by atoms with E-state index in [9.17, 15) is 4.79 Å². The molecule has 0 radical (unpaired) electrons. The Morgan fingerprint density at radius 1 is 0.884 bits per heavy atom. The topological polar surface area (TPSA) is 104 Å². The summed E-state index contributed by atoms with van der Waals surface area (Å²) in [7, 11) is 0. The Morgan fingerprint density at radius 2 is 1.60 bits per heavy atom. The van der Waals surface area contributed by atoms with Crippen LogP contribution >= 0.6 is 11.3 Å². The second-order valence-electron chi connectivity index (χ2n) is 9.97. The molecule has 0 aliphatic heterocycles. The first kappa shape index (κ1) is 29.9. The molecule has 0 unspecified atom stereocenters. The third-order valence-corrected chi connectivity index (χ3v) is 8.04. The van der Waals surface area contributed by atoms with Gasteiger partial charge in [-0.1, -0.05) is 55.5 Å². The number of aromatic nitrogens is 3. The van der Waals surface area contributed by atoms with E-state index in [1.807, 2.05) is 78.9 Å². The molecule has 0 saturated heterocycles. The molecule has 0 atom stereocenters. The van der Waals surface area contributed by atoms with Gasteiger partial charge in [0.1, 0.15) is 27.4 Å². The lowest BCUT2D eigenvalue weighted by molar-refractivity contribution is 0.249. The van der Waals surface area contributed by atoms with Crippen molar-refractivity contribution < 1.29 is 9.53 Å². The van der Waals surface area contributed by atoms with Crippen molar-refractivity contribution in [2.45, 2.75) is 26.7 Å². The number of hydrogen-bond donors (Lipinski definition) is 3. The summed E-state index contributed by atoms with van der Waals surface area (Å²) in [6, 6.07) is 25.0. The van der Waals surface area contributed by atoms with Gasteiger partial charge in [0, 0.05) is 30.0 Å². The van der Waals surface area contributed by atoms with Crippen LogP contribution < -0.4 is 20.7 Å². The first-order chi connectivity index (χ1) is 21.1. The van der Waals surface area contributed by atoms with Gasteiger partial charge in [0.2, 0.25) is 0 Å². The minimum absolute atomic E-state index is 0.276. The molecule has 5 rings (SSSR count). The number of carbonyl (C=O) groups is 1. The van der Waals surface area contributed by atoms with Crippen LogP contribution in [0.15, 0.2) is 85.2 Å². The fourth-order valence-corrected chi connectivity index (χ4v) is 5.53. The number of ether oxygens (including phenoxy) is 1. The monoisotopic (exact) mass is 595 g/mol. The van der Waals surface area contributed by atoms with Crippen LogP contribution in [-0.2, 0) is 6.42 Å².